The van der Waals surface area contributed by atoms with Gasteiger partial charge in [-0.2, -0.15) is 0 Å². The Balaban J connectivity index is 2.81. The summed E-state index contributed by atoms with van der Waals surface area (Å²) in [5.74, 6) is 0.891. The van der Waals surface area contributed by atoms with Crippen LogP contribution in [0.15, 0.2) is 18.2 Å². The molecule has 0 spiro atoms. The maximum Gasteiger partial charge on any atom is 0.326 e. The second-order valence-corrected chi connectivity index (χ2v) is 4.87. The SMILES string of the molecule is CNC(COc1cc(C)ccc1C(C)C)C(=O)OC. The number of hydrogen-bond acceptors (Lipinski definition) is 4. The minimum atomic E-state index is -0.453. The Bertz CT molecular complexity index is 429. The van der Waals surface area contributed by atoms with Gasteiger partial charge in [-0.1, -0.05) is 26.0 Å². The monoisotopic (exact) mass is 265 g/mol. The highest BCUT2D eigenvalue weighted by Crippen LogP contribution is 2.27. The summed E-state index contributed by atoms with van der Waals surface area (Å²) in [7, 11) is 3.09. The minimum absolute atomic E-state index is 0.256. The lowest BCUT2D eigenvalue weighted by molar-refractivity contribution is -0.143. The van der Waals surface area contributed by atoms with Gasteiger partial charge in [-0.05, 0) is 37.1 Å². The number of hydrogen-bond donors (Lipinski definition) is 1. The first kappa shape index (κ1) is 15.5. The molecule has 1 atom stereocenters. The summed E-state index contributed by atoms with van der Waals surface area (Å²) in [4.78, 5) is 11.5. The molecule has 0 aliphatic heterocycles. The Labute approximate surface area is 115 Å². The van der Waals surface area contributed by atoms with E-state index in [1.165, 1.54) is 7.11 Å². The van der Waals surface area contributed by atoms with E-state index in [4.69, 9.17) is 9.47 Å². The molecule has 0 aliphatic rings. The number of methoxy groups -OCH3 is 1. The molecule has 19 heavy (non-hydrogen) atoms. The third kappa shape index (κ3) is 4.24. The van der Waals surface area contributed by atoms with Crippen molar-refractivity contribution in [3.05, 3.63) is 29.3 Å². The van der Waals surface area contributed by atoms with Gasteiger partial charge in [-0.25, -0.2) is 0 Å². The molecule has 0 aliphatic carbocycles. The van der Waals surface area contributed by atoms with E-state index in [0.29, 0.717) is 5.92 Å². The molecule has 1 aromatic rings. The number of carbonyl (C=O) groups is 1. The fourth-order valence-electron chi connectivity index (χ4n) is 1.83. The van der Waals surface area contributed by atoms with Crippen molar-refractivity contribution in [3.63, 3.8) is 0 Å². The molecule has 0 heterocycles. The lowest BCUT2D eigenvalue weighted by atomic mass is 10.0. The van der Waals surface area contributed by atoms with Gasteiger partial charge in [0.25, 0.3) is 0 Å². The number of likely N-dealkylation sites (N-methyl/N-ethyl adjacent to an activating group) is 1. The lowest BCUT2D eigenvalue weighted by Gasteiger charge is -2.18. The number of carbonyl (C=O) groups excluding carboxylic acids is 1. The second kappa shape index (κ2) is 7.14. The predicted molar refractivity (Wildman–Crippen MR) is 75.6 cm³/mol. The van der Waals surface area contributed by atoms with Gasteiger partial charge in [0.2, 0.25) is 0 Å². The Morgan fingerprint density at radius 3 is 2.58 bits per heavy atom. The zero-order valence-corrected chi connectivity index (χ0v) is 12.3. The largest absolute Gasteiger partial charge is 0.491 e. The van der Waals surface area contributed by atoms with Crippen molar-refractivity contribution in [2.45, 2.75) is 32.7 Å². The van der Waals surface area contributed by atoms with Gasteiger partial charge in [-0.3, -0.25) is 4.79 Å². The van der Waals surface area contributed by atoms with Gasteiger partial charge in [-0.15, -0.1) is 0 Å². The van der Waals surface area contributed by atoms with Crippen LogP contribution in [0.25, 0.3) is 0 Å². The number of esters is 1. The van der Waals surface area contributed by atoms with Crippen molar-refractivity contribution in [3.8, 4) is 5.75 Å². The van der Waals surface area contributed by atoms with Crippen LogP contribution < -0.4 is 10.1 Å². The first-order chi connectivity index (χ1) is 8.99. The van der Waals surface area contributed by atoms with Crippen LogP contribution in [-0.4, -0.2) is 32.8 Å². The normalized spacial score (nSPS) is 12.3. The van der Waals surface area contributed by atoms with E-state index in [2.05, 4.69) is 31.3 Å². The van der Waals surface area contributed by atoms with Crippen LogP contribution in [0.4, 0.5) is 0 Å². The number of aryl methyl sites for hydroxylation is 1. The zero-order chi connectivity index (χ0) is 14.4. The Kier molecular flexibility index (Phi) is 5.83. The van der Waals surface area contributed by atoms with Crippen LogP contribution in [-0.2, 0) is 9.53 Å². The molecular weight excluding hydrogens is 242 g/mol. The summed E-state index contributed by atoms with van der Waals surface area (Å²) in [6, 6.07) is 5.68. The van der Waals surface area contributed by atoms with Crippen molar-refractivity contribution in [1.29, 1.82) is 0 Å². The minimum Gasteiger partial charge on any atom is -0.491 e. The average molecular weight is 265 g/mol. The third-order valence-electron chi connectivity index (χ3n) is 3.03. The van der Waals surface area contributed by atoms with Gasteiger partial charge in [0, 0.05) is 0 Å². The van der Waals surface area contributed by atoms with E-state index < -0.39 is 6.04 Å². The van der Waals surface area contributed by atoms with Crippen LogP contribution in [0.2, 0.25) is 0 Å². The summed E-state index contributed by atoms with van der Waals surface area (Å²) < 4.78 is 10.5. The van der Waals surface area contributed by atoms with E-state index in [1.807, 2.05) is 13.0 Å². The Morgan fingerprint density at radius 1 is 1.37 bits per heavy atom. The smallest absolute Gasteiger partial charge is 0.326 e. The van der Waals surface area contributed by atoms with Crippen molar-refractivity contribution in [2.24, 2.45) is 0 Å². The van der Waals surface area contributed by atoms with Gasteiger partial charge in [0.1, 0.15) is 18.4 Å². The fraction of sp³-hybridized carbons (Fsp3) is 0.533. The molecule has 1 N–H and O–H groups in total. The predicted octanol–water partition coefficient (Wildman–Crippen LogP) is 2.26. The van der Waals surface area contributed by atoms with E-state index in [1.54, 1.807) is 7.05 Å². The Morgan fingerprint density at radius 2 is 2.05 bits per heavy atom. The second-order valence-electron chi connectivity index (χ2n) is 4.87. The molecule has 1 aromatic carbocycles. The Hall–Kier alpha value is -1.55. The van der Waals surface area contributed by atoms with E-state index in [-0.39, 0.29) is 12.6 Å². The highest BCUT2D eigenvalue weighted by molar-refractivity contribution is 5.75. The maximum absolute atomic E-state index is 11.5. The first-order valence-corrected chi connectivity index (χ1v) is 6.48. The topological polar surface area (TPSA) is 47.6 Å². The van der Waals surface area contributed by atoms with E-state index >= 15 is 0 Å². The first-order valence-electron chi connectivity index (χ1n) is 6.48. The molecule has 1 unspecified atom stereocenters. The molecular formula is C15H23NO3. The molecule has 0 saturated carbocycles. The average Bonchev–Trinajstić information content (AvgIpc) is 2.38. The molecule has 0 amide bonds. The highest BCUT2D eigenvalue weighted by atomic mass is 16.5. The van der Waals surface area contributed by atoms with Crippen LogP contribution in [0.3, 0.4) is 0 Å². The molecule has 106 valence electrons. The molecule has 4 nitrogen and oxygen atoms in total. The fourth-order valence-corrected chi connectivity index (χ4v) is 1.83. The van der Waals surface area contributed by atoms with Gasteiger partial charge in [0.05, 0.1) is 7.11 Å². The van der Waals surface area contributed by atoms with Crippen LogP contribution in [0.5, 0.6) is 5.75 Å². The van der Waals surface area contributed by atoms with E-state index in [9.17, 15) is 4.79 Å². The molecule has 0 bridgehead atoms. The zero-order valence-electron chi connectivity index (χ0n) is 12.3. The molecule has 0 fully saturated rings. The van der Waals surface area contributed by atoms with Gasteiger partial charge >= 0.3 is 5.97 Å². The number of rotatable bonds is 6. The van der Waals surface area contributed by atoms with Gasteiger partial charge < -0.3 is 14.8 Å². The molecule has 1 rings (SSSR count). The summed E-state index contributed by atoms with van der Waals surface area (Å²) in [5.41, 5.74) is 2.28. The number of benzene rings is 1. The molecule has 0 radical (unpaired) electrons. The quantitative estimate of drug-likeness (QED) is 0.801. The summed E-state index contributed by atoms with van der Waals surface area (Å²) in [6.07, 6.45) is 0. The standard InChI is InChI=1S/C15H23NO3/c1-10(2)12-7-6-11(3)8-14(12)19-9-13(16-4)15(17)18-5/h6-8,10,13,16H,9H2,1-5H3. The summed E-state index contributed by atoms with van der Waals surface area (Å²) in [6.45, 7) is 6.51. The van der Waals surface area contributed by atoms with Crippen molar-refractivity contribution >= 4 is 5.97 Å². The molecule has 0 saturated heterocycles. The van der Waals surface area contributed by atoms with Crippen LogP contribution in [0.1, 0.15) is 30.9 Å². The van der Waals surface area contributed by atoms with Crippen LogP contribution >= 0.6 is 0 Å². The summed E-state index contributed by atoms with van der Waals surface area (Å²) in [5, 5.41) is 2.89. The van der Waals surface area contributed by atoms with Crippen molar-refractivity contribution < 1.29 is 14.3 Å². The van der Waals surface area contributed by atoms with Crippen molar-refractivity contribution in [2.75, 3.05) is 20.8 Å². The summed E-state index contributed by atoms with van der Waals surface area (Å²) >= 11 is 0. The van der Waals surface area contributed by atoms with E-state index in [0.717, 1.165) is 16.9 Å². The maximum atomic E-state index is 11.5. The molecule has 4 heteroatoms. The number of ether oxygens (including phenoxy) is 2. The number of nitrogens with one attached hydrogen (secondary N) is 1. The van der Waals surface area contributed by atoms with Crippen LogP contribution in [0, 0.1) is 6.92 Å². The van der Waals surface area contributed by atoms with Crippen molar-refractivity contribution in [1.82, 2.24) is 5.32 Å². The molecule has 0 aromatic heterocycles. The lowest BCUT2D eigenvalue weighted by Crippen LogP contribution is -2.40. The third-order valence-corrected chi connectivity index (χ3v) is 3.03. The highest BCUT2D eigenvalue weighted by Gasteiger charge is 2.18. The van der Waals surface area contributed by atoms with Gasteiger partial charge in [0.15, 0.2) is 0 Å².